The van der Waals surface area contributed by atoms with Gasteiger partial charge in [0.25, 0.3) is 0 Å². The van der Waals surface area contributed by atoms with Gasteiger partial charge in [-0.2, -0.15) is 5.10 Å². The summed E-state index contributed by atoms with van der Waals surface area (Å²) in [4.78, 5) is 0. The molecule has 0 spiro atoms. The quantitative estimate of drug-likeness (QED) is 0.812. The van der Waals surface area contributed by atoms with E-state index in [9.17, 15) is 5.11 Å². The lowest BCUT2D eigenvalue weighted by Gasteiger charge is -2.26. The summed E-state index contributed by atoms with van der Waals surface area (Å²) in [5.74, 6) is 0.397. The second-order valence-corrected chi connectivity index (χ2v) is 4.73. The summed E-state index contributed by atoms with van der Waals surface area (Å²) in [5.41, 5.74) is 3.47. The Morgan fingerprint density at radius 2 is 2.06 bits per heavy atom. The Labute approximate surface area is 101 Å². The summed E-state index contributed by atoms with van der Waals surface area (Å²) in [5, 5.41) is 14.4. The van der Waals surface area contributed by atoms with Crippen molar-refractivity contribution < 1.29 is 5.11 Å². The normalized spacial score (nSPS) is 23.4. The molecule has 3 heteroatoms. The lowest BCUT2D eigenvalue weighted by molar-refractivity contribution is 0.147. The summed E-state index contributed by atoms with van der Waals surface area (Å²) in [6.45, 7) is 0. The van der Waals surface area contributed by atoms with Gasteiger partial charge in [-0.3, -0.25) is 4.68 Å². The van der Waals surface area contributed by atoms with Gasteiger partial charge in [0.05, 0.1) is 12.3 Å². The van der Waals surface area contributed by atoms with Gasteiger partial charge < -0.3 is 5.11 Å². The molecule has 0 bridgehead atoms. The Kier molecular flexibility index (Phi) is 2.48. The minimum atomic E-state index is -0.377. The number of fused-ring (bicyclic) bond motifs is 1. The smallest absolute Gasteiger partial charge is 0.0829 e. The van der Waals surface area contributed by atoms with Crippen molar-refractivity contribution in [2.45, 2.75) is 24.9 Å². The van der Waals surface area contributed by atoms with Gasteiger partial charge in [-0.15, -0.1) is 0 Å². The lowest BCUT2D eigenvalue weighted by Crippen LogP contribution is -2.18. The number of hydrogen-bond acceptors (Lipinski definition) is 2. The van der Waals surface area contributed by atoms with Crippen LogP contribution in [0.1, 0.15) is 35.3 Å². The number of aliphatic hydroxyl groups is 1. The molecule has 17 heavy (non-hydrogen) atoms. The molecule has 1 aromatic heterocycles. The third-order valence-electron chi connectivity index (χ3n) is 3.67. The highest BCUT2D eigenvalue weighted by Gasteiger charge is 2.28. The van der Waals surface area contributed by atoms with Crippen LogP contribution in [0.3, 0.4) is 0 Å². The number of aliphatic hydroxyl groups excluding tert-OH is 1. The zero-order valence-corrected chi connectivity index (χ0v) is 9.87. The van der Waals surface area contributed by atoms with Crippen LogP contribution in [0.4, 0.5) is 0 Å². The first-order chi connectivity index (χ1) is 8.25. The van der Waals surface area contributed by atoms with Gasteiger partial charge in [0.2, 0.25) is 0 Å². The van der Waals surface area contributed by atoms with Crippen molar-refractivity contribution in [2.24, 2.45) is 7.05 Å². The Morgan fingerprint density at radius 3 is 2.82 bits per heavy atom. The van der Waals surface area contributed by atoms with Crippen LogP contribution in [-0.2, 0) is 13.5 Å². The number of rotatable bonds is 1. The molecule has 2 atom stereocenters. The number of aryl methyl sites for hydroxylation is 1. The fraction of sp³-hybridized carbons (Fsp3) is 0.357. The van der Waals surface area contributed by atoms with E-state index in [1.165, 1.54) is 5.56 Å². The van der Waals surface area contributed by atoms with E-state index in [-0.39, 0.29) is 6.10 Å². The van der Waals surface area contributed by atoms with Crippen LogP contribution < -0.4 is 0 Å². The molecule has 0 saturated heterocycles. The highest BCUT2D eigenvalue weighted by Crippen LogP contribution is 2.37. The first kappa shape index (κ1) is 10.5. The molecule has 1 aliphatic carbocycles. The van der Waals surface area contributed by atoms with Gasteiger partial charge in [-0.05, 0) is 24.3 Å². The predicted octanol–water partition coefficient (Wildman–Crippen LogP) is 2.18. The fourth-order valence-corrected chi connectivity index (χ4v) is 2.70. The third kappa shape index (κ3) is 1.76. The molecule has 3 rings (SSSR count). The van der Waals surface area contributed by atoms with E-state index in [1.807, 2.05) is 17.8 Å². The molecule has 0 saturated carbocycles. The van der Waals surface area contributed by atoms with E-state index in [1.54, 1.807) is 6.20 Å². The average Bonchev–Trinajstić information content (AvgIpc) is 2.73. The standard InChI is InChI=1S/C14H16N2O/c1-16-13-7-11(10-5-3-2-4-6-10)8-14(17)12(13)9-15-16/h2-6,9,11,14,17H,7-8H2,1H3. The number of benzene rings is 1. The molecule has 88 valence electrons. The molecule has 1 aliphatic rings. The number of nitrogens with zero attached hydrogens (tertiary/aromatic N) is 2. The van der Waals surface area contributed by atoms with Crippen LogP contribution in [-0.4, -0.2) is 14.9 Å². The monoisotopic (exact) mass is 228 g/mol. The number of aromatic nitrogens is 2. The first-order valence-corrected chi connectivity index (χ1v) is 5.99. The van der Waals surface area contributed by atoms with Crippen molar-refractivity contribution in [3.05, 3.63) is 53.3 Å². The highest BCUT2D eigenvalue weighted by atomic mass is 16.3. The maximum absolute atomic E-state index is 10.2. The summed E-state index contributed by atoms with van der Waals surface area (Å²) in [7, 11) is 1.94. The van der Waals surface area contributed by atoms with Crippen molar-refractivity contribution in [3.8, 4) is 0 Å². The molecular weight excluding hydrogens is 212 g/mol. The second kappa shape index (κ2) is 4.00. The van der Waals surface area contributed by atoms with Crippen LogP contribution in [0.25, 0.3) is 0 Å². The van der Waals surface area contributed by atoms with Crippen molar-refractivity contribution >= 4 is 0 Å². The van der Waals surface area contributed by atoms with Gasteiger partial charge >= 0.3 is 0 Å². The minimum absolute atomic E-state index is 0.377. The molecule has 0 radical (unpaired) electrons. The van der Waals surface area contributed by atoms with Gasteiger partial charge in [-0.25, -0.2) is 0 Å². The van der Waals surface area contributed by atoms with Gasteiger partial charge in [0.15, 0.2) is 0 Å². The fourth-order valence-electron chi connectivity index (χ4n) is 2.70. The summed E-state index contributed by atoms with van der Waals surface area (Å²) >= 11 is 0. The number of hydrogen-bond donors (Lipinski definition) is 1. The highest BCUT2D eigenvalue weighted by molar-refractivity contribution is 5.30. The van der Waals surface area contributed by atoms with Gasteiger partial charge in [0.1, 0.15) is 0 Å². The summed E-state index contributed by atoms with van der Waals surface area (Å²) < 4.78 is 1.88. The van der Waals surface area contributed by atoms with Crippen LogP contribution in [0.15, 0.2) is 36.5 Å². The Balaban J connectivity index is 1.96. The van der Waals surface area contributed by atoms with Crippen LogP contribution in [0.5, 0.6) is 0 Å². The maximum Gasteiger partial charge on any atom is 0.0829 e. The predicted molar refractivity (Wildman–Crippen MR) is 65.7 cm³/mol. The van der Waals surface area contributed by atoms with E-state index in [0.717, 1.165) is 24.1 Å². The molecular formula is C14H16N2O. The zero-order valence-electron chi connectivity index (χ0n) is 9.87. The topological polar surface area (TPSA) is 38.0 Å². The molecule has 1 aromatic carbocycles. The Hall–Kier alpha value is -1.61. The second-order valence-electron chi connectivity index (χ2n) is 4.73. The minimum Gasteiger partial charge on any atom is -0.388 e. The Bertz CT molecular complexity index is 518. The summed E-state index contributed by atoms with van der Waals surface area (Å²) in [6.07, 6.45) is 3.18. The van der Waals surface area contributed by atoms with Gasteiger partial charge in [0, 0.05) is 18.3 Å². The largest absolute Gasteiger partial charge is 0.388 e. The van der Waals surface area contributed by atoms with E-state index < -0.39 is 0 Å². The SMILES string of the molecule is Cn1ncc2c1CC(c1ccccc1)CC2O. The zero-order chi connectivity index (χ0) is 11.8. The molecule has 1 heterocycles. The molecule has 2 aromatic rings. The Morgan fingerprint density at radius 1 is 1.29 bits per heavy atom. The molecule has 0 aliphatic heterocycles. The molecule has 1 N–H and O–H groups in total. The maximum atomic E-state index is 10.2. The van der Waals surface area contributed by atoms with Crippen LogP contribution in [0.2, 0.25) is 0 Å². The van der Waals surface area contributed by atoms with Crippen molar-refractivity contribution in [1.29, 1.82) is 0 Å². The van der Waals surface area contributed by atoms with Crippen molar-refractivity contribution in [2.75, 3.05) is 0 Å². The van der Waals surface area contributed by atoms with Crippen molar-refractivity contribution in [1.82, 2.24) is 9.78 Å². The van der Waals surface area contributed by atoms with E-state index in [4.69, 9.17) is 0 Å². The van der Waals surface area contributed by atoms with E-state index in [0.29, 0.717) is 5.92 Å². The van der Waals surface area contributed by atoms with E-state index in [2.05, 4.69) is 29.4 Å². The average molecular weight is 228 g/mol. The van der Waals surface area contributed by atoms with Crippen LogP contribution >= 0.6 is 0 Å². The van der Waals surface area contributed by atoms with Gasteiger partial charge in [-0.1, -0.05) is 30.3 Å². The third-order valence-corrected chi connectivity index (χ3v) is 3.67. The van der Waals surface area contributed by atoms with Crippen molar-refractivity contribution in [3.63, 3.8) is 0 Å². The molecule has 3 nitrogen and oxygen atoms in total. The first-order valence-electron chi connectivity index (χ1n) is 5.99. The van der Waals surface area contributed by atoms with E-state index >= 15 is 0 Å². The molecule has 0 amide bonds. The summed E-state index contributed by atoms with van der Waals surface area (Å²) in [6, 6.07) is 10.4. The van der Waals surface area contributed by atoms with Crippen LogP contribution in [0, 0.1) is 0 Å². The molecule has 2 unspecified atom stereocenters. The lowest BCUT2D eigenvalue weighted by atomic mass is 9.82. The molecule has 0 fully saturated rings.